The molecule has 0 saturated heterocycles. The summed E-state index contributed by atoms with van der Waals surface area (Å²) in [5.74, 6) is 0.736. The van der Waals surface area contributed by atoms with E-state index in [4.69, 9.17) is 12.2 Å². The zero-order chi connectivity index (χ0) is 5.28. The van der Waals surface area contributed by atoms with Gasteiger partial charge in [-0.2, -0.15) is 0 Å². The molecule has 0 aliphatic heterocycles. The van der Waals surface area contributed by atoms with E-state index >= 15 is 0 Å². The summed E-state index contributed by atoms with van der Waals surface area (Å²) >= 11 is 4.93. The molecule has 0 aromatic rings. The van der Waals surface area contributed by atoms with E-state index < -0.39 is 0 Å². The normalized spacial score (nSPS) is 19.0. The van der Waals surface area contributed by atoms with E-state index in [1.54, 1.807) is 0 Å². The molecule has 7 heavy (non-hydrogen) atoms. The third kappa shape index (κ3) is 1.13. The van der Waals surface area contributed by atoms with Crippen molar-refractivity contribution >= 4 is 17.2 Å². The average molecular weight is 115 g/mol. The van der Waals surface area contributed by atoms with Crippen molar-refractivity contribution in [3.05, 3.63) is 0 Å². The van der Waals surface area contributed by atoms with Crippen LogP contribution in [0.4, 0.5) is 0 Å². The van der Waals surface area contributed by atoms with E-state index in [0.29, 0.717) is 0 Å². The molecule has 0 radical (unpaired) electrons. The van der Waals surface area contributed by atoms with Gasteiger partial charge in [0.05, 0.1) is 4.99 Å². The Bertz CT molecular complexity index is 86.1. The number of rotatable bonds is 1. The van der Waals surface area contributed by atoms with Crippen LogP contribution in [0.1, 0.15) is 12.8 Å². The average Bonchev–Trinajstić information content (AvgIpc) is 2.44. The van der Waals surface area contributed by atoms with Gasteiger partial charge in [-0.25, -0.2) is 0 Å². The van der Waals surface area contributed by atoms with Crippen molar-refractivity contribution in [2.45, 2.75) is 12.8 Å². The molecule has 1 aliphatic carbocycles. The van der Waals surface area contributed by atoms with Gasteiger partial charge in [0.15, 0.2) is 0 Å². The summed E-state index contributed by atoms with van der Waals surface area (Å²) in [6, 6.07) is 0. The monoisotopic (exact) mass is 115 g/mol. The lowest BCUT2D eigenvalue weighted by atomic mass is 10.4. The molecule has 1 saturated carbocycles. The molecule has 1 aliphatic rings. The maximum absolute atomic E-state index is 4.93. The summed E-state index contributed by atoms with van der Waals surface area (Å²) in [6.45, 7) is 0. The highest BCUT2D eigenvalue weighted by atomic mass is 32.1. The van der Waals surface area contributed by atoms with Crippen LogP contribution < -0.4 is 5.32 Å². The highest BCUT2D eigenvalue weighted by molar-refractivity contribution is 7.80. The first-order chi connectivity index (χ1) is 3.34. The zero-order valence-electron chi connectivity index (χ0n) is 4.40. The van der Waals surface area contributed by atoms with E-state index in [9.17, 15) is 0 Å². The summed E-state index contributed by atoms with van der Waals surface area (Å²) in [5, 5.41) is 2.96. The summed E-state index contributed by atoms with van der Waals surface area (Å²) in [7, 11) is 1.89. The minimum Gasteiger partial charge on any atom is -0.383 e. The molecule has 0 atom stereocenters. The van der Waals surface area contributed by atoms with Crippen molar-refractivity contribution in [3.8, 4) is 0 Å². The summed E-state index contributed by atoms with van der Waals surface area (Å²) < 4.78 is 0. The molecule has 0 spiro atoms. The van der Waals surface area contributed by atoms with Crippen LogP contribution in [0.15, 0.2) is 0 Å². The van der Waals surface area contributed by atoms with Crippen LogP contribution in [0, 0.1) is 5.92 Å². The Morgan fingerprint density at radius 2 is 2.29 bits per heavy atom. The molecular formula is C5H9NS. The fraction of sp³-hybridized carbons (Fsp3) is 0.800. The Balaban J connectivity index is 2.24. The van der Waals surface area contributed by atoms with Crippen LogP contribution in [-0.2, 0) is 0 Å². The first-order valence-electron chi connectivity index (χ1n) is 2.56. The van der Waals surface area contributed by atoms with Gasteiger partial charge in [-0.1, -0.05) is 12.2 Å². The van der Waals surface area contributed by atoms with Gasteiger partial charge in [0, 0.05) is 13.0 Å². The Hall–Kier alpha value is -0.110. The molecule has 1 nitrogen and oxygen atoms in total. The minimum absolute atomic E-state index is 0.736. The second-order valence-electron chi connectivity index (χ2n) is 1.89. The minimum atomic E-state index is 0.736. The second kappa shape index (κ2) is 1.78. The van der Waals surface area contributed by atoms with Gasteiger partial charge >= 0.3 is 0 Å². The molecule has 0 bridgehead atoms. The molecule has 0 aromatic heterocycles. The molecule has 0 amide bonds. The highest BCUT2D eigenvalue weighted by Crippen LogP contribution is 2.29. The first kappa shape index (κ1) is 5.04. The molecule has 1 rings (SSSR count). The summed E-state index contributed by atoms with van der Waals surface area (Å²) in [6.07, 6.45) is 2.61. The molecule has 0 aromatic carbocycles. The first-order valence-corrected chi connectivity index (χ1v) is 2.97. The zero-order valence-corrected chi connectivity index (χ0v) is 5.22. The Labute approximate surface area is 49.1 Å². The van der Waals surface area contributed by atoms with Gasteiger partial charge in [0.25, 0.3) is 0 Å². The van der Waals surface area contributed by atoms with Crippen molar-refractivity contribution in [2.75, 3.05) is 7.05 Å². The van der Waals surface area contributed by atoms with E-state index in [1.807, 2.05) is 7.05 Å². The highest BCUT2D eigenvalue weighted by Gasteiger charge is 2.24. The summed E-state index contributed by atoms with van der Waals surface area (Å²) in [5.41, 5.74) is 0. The largest absolute Gasteiger partial charge is 0.383 e. The lowest BCUT2D eigenvalue weighted by Crippen LogP contribution is -2.16. The SMILES string of the molecule is CNC(=S)C1CC1. The van der Waals surface area contributed by atoms with E-state index in [-0.39, 0.29) is 0 Å². The lowest BCUT2D eigenvalue weighted by molar-refractivity contribution is 1.07. The Kier molecular flexibility index (Phi) is 1.28. The second-order valence-corrected chi connectivity index (χ2v) is 2.33. The molecule has 40 valence electrons. The molecular weight excluding hydrogens is 106 g/mol. The van der Waals surface area contributed by atoms with Crippen LogP contribution in [0.3, 0.4) is 0 Å². The quantitative estimate of drug-likeness (QED) is 0.510. The maximum Gasteiger partial charge on any atom is 0.0782 e. The van der Waals surface area contributed by atoms with Gasteiger partial charge in [0.2, 0.25) is 0 Å². The maximum atomic E-state index is 4.93. The van der Waals surface area contributed by atoms with E-state index in [0.717, 1.165) is 10.9 Å². The third-order valence-electron chi connectivity index (χ3n) is 1.19. The number of nitrogens with one attached hydrogen (secondary N) is 1. The van der Waals surface area contributed by atoms with E-state index in [2.05, 4.69) is 5.32 Å². The van der Waals surface area contributed by atoms with Gasteiger partial charge in [-0.3, -0.25) is 0 Å². The van der Waals surface area contributed by atoms with Gasteiger partial charge in [-0.15, -0.1) is 0 Å². The Morgan fingerprint density at radius 1 is 1.71 bits per heavy atom. The molecule has 2 heteroatoms. The van der Waals surface area contributed by atoms with Crippen LogP contribution in [-0.4, -0.2) is 12.0 Å². The topological polar surface area (TPSA) is 12.0 Å². The van der Waals surface area contributed by atoms with Gasteiger partial charge < -0.3 is 5.32 Å². The Morgan fingerprint density at radius 3 is 2.43 bits per heavy atom. The summed E-state index contributed by atoms with van der Waals surface area (Å²) in [4.78, 5) is 1.04. The molecule has 1 N–H and O–H groups in total. The van der Waals surface area contributed by atoms with Crippen molar-refractivity contribution in [1.29, 1.82) is 0 Å². The fourth-order valence-electron chi connectivity index (χ4n) is 0.550. The van der Waals surface area contributed by atoms with Crippen LogP contribution >= 0.6 is 12.2 Å². The predicted octanol–water partition coefficient (Wildman–Crippen LogP) is 0.943. The van der Waals surface area contributed by atoms with Crippen molar-refractivity contribution in [3.63, 3.8) is 0 Å². The predicted molar refractivity (Wildman–Crippen MR) is 34.4 cm³/mol. The van der Waals surface area contributed by atoms with Gasteiger partial charge in [0.1, 0.15) is 0 Å². The van der Waals surface area contributed by atoms with Crippen LogP contribution in [0.25, 0.3) is 0 Å². The van der Waals surface area contributed by atoms with E-state index in [1.165, 1.54) is 12.8 Å². The fourth-order valence-corrected chi connectivity index (χ4v) is 0.785. The lowest BCUT2D eigenvalue weighted by Gasteiger charge is -1.94. The standard InChI is InChI=1S/C5H9NS/c1-6-5(7)4-2-3-4/h4H,2-3H2,1H3,(H,6,7). The van der Waals surface area contributed by atoms with Crippen molar-refractivity contribution in [2.24, 2.45) is 5.92 Å². The molecule has 0 unspecified atom stereocenters. The molecule has 0 heterocycles. The third-order valence-corrected chi connectivity index (χ3v) is 1.73. The number of hydrogen-bond acceptors (Lipinski definition) is 1. The van der Waals surface area contributed by atoms with Crippen molar-refractivity contribution < 1.29 is 0 Å². The van der Waals surface area contributed by atoms with Crippen LogP contribution in [0.2, 0.25) is 0 Å². The van der Waals surface area contributed by atoms with Gasteiger partial charge in [-0.05, 0) is 12.8 Å². The van der Waals surface area contributed by atoms with Crippen LogP contribution in [0.5, 0.6) is 0 Å². The van der Waals surface area contributed by atoms with Crippen molar-refractivity contribution in [1.82, 2.24) is 5.32 Å². The smallest absolute Gasteiger partial charge is 0.0782 e. The molecule has 1 fully saturated rings. The number of hydrogen-bond donors (Lipinski definition) is 1. The number of thiocarbonyl (C=S) groups is 1.